The molecule has 0 radical (unpaired) electrons. The molecule has 0 N–H and O–H groups in total. The summed E-state index contributed by atoms with van der Waals surface area (Å²) < 4.78 is 0. The van der Waals surface area contributed by atoms with Gasteiger partial charge in [-0.2, -0.15) is 0 Å². The number of rotatable bonds is 3. The second kappa shape index (κ2) is 5.74. The molecule has 0 spiro atoms. The fourth-order valence-corrected chi connectivity index (χ4v) is 2.69. The first kappa shape index (κ1) is 12.0. The Balaban J connectivity index is 1.90. The quantitative estimate of drug-likeness (QED) is 0.781. The molecule has 0 amide bonds. The van der Waals surface area contributed by atoms with Gasteiger partial charge in [0.1, 0.15) is 0 Å². The van der Waals surface area contributed by atoms with Crippen LogP contribution in [-0.4, -0.2) is 18.0 Å². The fourth-order valence-electron chi connectivity index (χ4n) is 2.54. The van der Waals surface area contributed by atoms with Gasteiger partial charge in [-0.1, -0.05) is 31.4 Å². The molecule has 1 aromatic rings. The average molecular weight is 235 g/mol. The second-order valence-electron chi connectivity index (χ2n) is 4.87. The second-order valence-corrected chi connectivity index (χ2v) is 5.39. The lowest BCUT2D eigenvalue weighted by atomic mass is 9.94. The largest absolute Gasteiger partial charge is 0.299 e. The van der Waals surface area contributed by atoms with Crippen LogP contribution in [0.2, 0.25) is 0 Å². The Morgan fingerprint density at radius 2 is 1.75 bits per heavy atom. The van der Waals surface area contributed by atoms with Crippen LogP contribution in [0.3, 0.4) is 0 Å². The van der Waals surface area contributed by atoms with E-state index in [2.05, 4.69) is 48.8 Å². The molecule has 0 saturated heterocycles. The van der Waals surface area contributed by atoms with Gasteiger partial charge in [-0.05, 0) is 37.6 Å². The molecule has 1 saturated carbocycles. The molecule has 1 aliphatic carbocycles. The first-order valence-electron chi connectivity index (χ1n) is 6.24. The number of hydrogen-bond acceptors (Lipinski definition) is 2. The Morgan fingerprint density at radius 1 is 1.12 bits per heavy atom. The van der Waals surface area contributed by atoms with Gasteiger partial charge in [-0.15, -0.1) is 12.6 Å². The molecule has 0 heterocycles. The monoisotopic (exact) mass is 235 g/mol. The zero-order chi connectivity index (χ0) is 11.4. The third-order valence-electron chi connectivity index (χ3n) is 3.57. The molecule has 2 rings (SSSR count). The molecule has 2 heteroatoms. The smallest absolute Gasteiger partial charge is 0.0233 e. The number of hydrogen-bond donors (Lipinski definition) is 1. The fraction of sp³-hybridized carbons (Fsp3) is 0.571. The van der Waals surface area contributed by atoms with Crippen molar-refractivity contribution < 1.29 is 0 Å². The Labute approximate surface area is 104 Å². The topological polar surface area (TPSA) is 3.24 Å². The van der Waals surface area contributed by atoms with Gasteiger partial charge in [-0.3, -0.25) is 4.90 Å². The molecule has 1 aliphatic rings. The lowest BCUT2D eigenvalue weighted by molar-refractivity contribution is 0.184. The summed E-state index contributed by atoms with van der Waals surface area (Å²) in [5.74, 6) is 0. The minimum Gasteiger partial charge on any atom is -0.299 e. The maximum Gasteiger partial charge on any atom is 0.0233 e. The highest BCUT2D eigenvalue weighted by molar-refractivity contribution is 7.80. The summed E-state index contributed by atoms with van der Waals surface area (Å²) in [6, 6.07) is 9.31. The van der Waals surface area contributed by atoms with E-state index in [1.54, 1.807) is 0 Å². The zero-order valence-electron chi connectivity index (χ0n) is 10.0. The van der Waals surface area contributed by atoms with Crippen LogP contribution in [0.15, 0.2) is 29.2 Å². The average Bonchev–Trinajstić information content (AvgIpc) is 2.33. The van der Waals surface area contributed by atoms with Crippen LogP contribution in [0, 0.1) is 0 Å². The van der Waals surface area contributed by atoms with Gasteiger partial charge in [0.2, 0.25) is 0 Å². The van der Waals surface area contributed by atoms with Crippen molar-refractivity contribution in [2.24, 2.45) is 0 Å². The zero-order valence-corrected chi connectivity index (χ0v) is 10.9. The van der Waals surface area contributed by atoms with Crippen molar-refractivity contribution in [1.29, 1.82) is 0 Å². The maximum atomic E-state index is 4.31. The lowest BCUT2D eigenvalue weighted by Gasteiger charge is -2.31. The van der Waals surface area contributed by atoms with E-state index < -0.39 is 0 Å². The Bertz CT molecular complexity index is 314. The van der Waals surface area contributed by atoms with E-state index in [0.717, 1.165) is 17.5 Å². The Morgan fingerprint density at radius 3 is 2.38 bits per heavy atom. The SMILES string of the molecule is CN(Cc1ccc(S)cc1)C1CCCCC1. The highest BCUT2D eigenvalue weighted by atomic mass is 32.1. The first-order valence-corrected chi connectivity index (χ1v) is 6.68. The van der Waals surface area contributed by atoms with Crippen LogP contribution in [0.4, 0.5) is 0 Å². The van der Waals surface area contributed by atoms with Crippen LogP contribution in [0.5, 0.6) is 0 Å². The highest BCUT2D eigenvalue weighted by Crippen LogP contribution is 2.23. The number of benzene rings is 1. The van der Waals surface area contributed by atoms with Crippen molar-refractivity contribution in [1.82, 2.24) is 4.90 Å². The first-order chi connectivity index (χ1) is 7.75. The normalized spacial score (nSPS) is 17.9. The molecule has 0 aliphatic heterocycles. The van der Waals surface area contributed by atoms with Gasteiger partial charge in [0.05, 0.1) is 0 Å². The van der Waals surface area contributed by atoms with Gasteiger partial charge < -0.3 is 0 Å². The van der Waals surface area contributed by atoms with Crippen molar-refractivity contribution in [3.8, 4) is 0 Å². The predicted octanol–water partition coefficient (Wildman–Crippen LogP) is 3.74. The van der Waals surface area contributed by atoms with E-state index in [-0.39, 0.29) is 0 Å². The van der Waals surface area contributed by atoms with Crippen LogP contribution in [0.25, 0.3) is 0 Å². The van der Waals surface area contributed by atoms with Crippen LogP contribution >= 0.6 is 12.6 Å². The van der Waals surface area contributed by atoms with Crippen molar-refractivity contribution in [3.05, 3.63) is 29.8 Å². The minimum absolute atomic E-state index is 0.796. The number of nitrogens with zero attached hydrogens (tertiary/aromatic N) is 1. The standard InChI is InChI=1S/C14H21NS/c1-15(13-5-3-2-4-6-13)11-12-7-9-14(16)10-8-12/h7-10,13,16H,2-6,11H2,1H3. The molecule has 16 heavy (non-hydrogen) atoms. The van der Waals surface area contributed by atoms with Crippen LogP contribution < -0.4 is 0 Å². The Kier molecular flexibility index (Phi) is 4.30. The van der Waals surface area contributed by atoms with E-state index in [0.29, 0.717) is 0 Å². The Hall–Kier alpha value is -0.470. The molecule has 1 aromatic carbocycles. The molecule has 1 nitrogen and oxygen atoms in total. The van der Waals surface area contributed by atoms with Crippen molar-refractivity contribution in [3.63, 3.8) is 0 Å². The third-order valence-corrected chi connectivity index (χ3v) is 3.86. The summed E-state index contributed by atoms with van der Waals surface area (Å²) >= 11 is 4.31. The summed E-state index contributed by atoms with van der Waals surface area (Å²) in [7, 11) is 2.25. The van der Waals surface area contributed by atoms with E-state index in [4.69, 9.17) is 0 Å². The van der Waals surface area contributed by atoms with Gasteiger partial charge in [-0.25, -0.2) is 0 Å². The van der Waals surface area contributed by atoms with Crippen molar-refractivity contribution in [2.75, 3.05) is 7.05 Å². The molecule has 0 aromatic heterocycles. The summed E-state index contributed by atoms with van der Waals surface area (Å²) in [5.41, 5.74) is 1.39. The van der Waals surface area contributed by atoms with E-state index in [9.17, 15) is 0 Å². The van der Waals surface area contributed by atoms with Crippen molar-refractivity contribution in [2.45, 2.75) is 49.6 Å². The lowest BCUT2D eigenvalue weighted by Crippen LogP contribution is -2.32. The summed E-state index contributed by atoms with van der Waals surface area (Å²) in [6.07, 6.45) is 7.00. The van der Waals surface area contributed by atoms with E-state index >= 15 is 0 Å². The molecular formula is C14H21NS. The van der Waals surface area contributed by atoms with E-state index in [1.165, 1.54) is 37.7 Å². The summed E-state index contributed by atoms with van der Waals surface area (Å²) in [6.45, 7) is 1.07. The van der Waals surface area contributed by atoms with Crippen LogP contribution in [0.1, 0.15) is 37.7 Å². The molecule has 1 fully saturated rings. The minimum atomic E-state index is 0.796. The third kappa shape index (κ3) is 3.26. The van der Waals surface area contributed by atoms with Gasteiger partial charge >= 0.3 is 0 Å². The van der Waals surface area contributed by atoms with E-state index in [1.807, 2.05) is 0 Å². The molecule has 0 atom stereocenters. The molecular weight excluding hydrogens is 214 g/mol. The highest BCUT2D eigenvalue weighted by Gasteiger charge is 2.17. The van der Waals surface area contributed by atoms with Gasteiger partial charge in [0, 0.05) is 17.5 Å². The summed E-state index contributed by atoms with van der Waals surface area (Å²) in [4.78, 5) is 3.55. The van der Waals surface area contributed by atoms with Gasteiger partial charge in [0.15, 0.2) is 0 Å². The maximum absolute atomic E-state index is 4.31. The van der Waals surface area contributed by atoms with Gasteiger partial charge in [0.25, 0.3) is 0 Å². The van der Waals surface area contributed by atoms with Crippen LogP contribution in [-0.2, 0) is 6.54 Å². The molecule has 88 valence electrons. The molecule has 0 unspecified atom stereocenters. The summed E-state index contributed by atoms with van der Waals surface area (Å²) in [5, 5.41) is 0. The molecule has 0 bridgehead atoms. The predicted molar refractivity (Wildman–Crippen MR) is 72.0 cm³/mol. The number of thiol groups is 1. The van der Waals surface area contributed by atoms with Crippen molar-refractivity contribution >= 4 is 12.6 Å².